The van der Waals surface area contributed by atoms with Crippen molar-refractivity contribution in [3.63, 3.8) is 0 Å². The normalized spacial score (nSPS) is 11.0. The van der Waals surface area contributed by atoms with Crippen LogP contribution < -0.4 is 5.46 Å². The standard InChI is InChI=1S/C47H30N4.C35H20Cl2N4.C6H7BO2/c48-31-32-15-17-33(18-16-32)34-19-21-37(22-20-34)40-27-28-41(43-14-8-7-13-42(40)43)38-23-25-39(26-24-38)51-49-46-29-44(35-9-3-1-4-10-35)45(30-47(46)50-51)36-11-5-2-6-12-36;36-32-19-34-35(20-33(32)37)40-41(39-34)27-15-13-26(14-16-27)29-18-17-28(30-3-1-2-4-31(29)30)25-11-9-24(10-12-25)23-7-5-22(21-38)6-8-23;8-7(9)6-4-2-1-3-5-6/h1-30H;1-20H;1-5,8-9H. The highest BCUT2D eigenvalue weighted by molar-refractivity contribution is 6.58. The van der Waals surface area contributed by atoms with E-state index in [2.05, 4.69) is 241 Å². The van der Waals surface area contributed by atoms with Crippen LogP contribution in [0.5, 0.6) is 0 Å². The van der Waals surface area contributed by atoms with Crippen LogP contribution in [-0.4, -0.2) is 47.2 Å². The van der Waals surface area contributed by atoms with Crippen molar-refractivity contribution in [2.24, 2.45) is 0 Å². The van der Waals surface area contributed by atoms with Crippen molar-refractivity contribution in [3.05, 3.63) is 355 Å². The molecule has 0 bridgehead atoms. The zero-order valence-corrected chi connectivity index (χ0v) is 55.6. The van der Waals surface area contributed by atoms with E-state index in [4.69, 9.17) is 54.0 Å². The van der Waals surface area contributed by atoms with Crippen LogP contribution in [-0.2, 0) is 0 Å². The number of rotatable bonds is 11. The summed E-state index contributed by atoms with van der Waals surface area (Å²) in [6.45, 7) is 0. The number of nitrogens with zero attached hydrogens (tertiary/aromatic N) is 8. The predicted molar refractivity (Wildman–Crippen MR) is 412 cm³/mol. The predicted octanol–water partition coefficient (Wildman–Crippen LogP) is 20.9. The third-order valence-electron chi connectivity index (χ3n) is 18.0. The van der Waals surface area contributed by atoms with Crippen LogP contribution >= 0.6 is 23.2 Å². The van der Waals surface area contributed by atoms with Crippen LogP contribution in [0, 0.1) is 22.7 Å². The first-order chi connectivity index (χ1) is 49.6. The van der Waals surface area contributed by atoms with Gasteiger partial charge in [-0.1, -0.05) is 284 Å². The van der Waals surface area contributed by atoms with E-state index in [0.29, 0.717) is 37.7 Å². The lowest BCUT2D eigenvalue weighted by Crippen LogP contribution is -2.29. The summed E-state index contributed by atoms with van der Waals surface area (Å²) in [7, 11) is -1.34. The molecule has 2 N–H and O–H groups in total. The Labute approximate surface area is 593 Å². The van der Waals surface area contributed by atoms with Gasteiger partial charge in [-0.25, -0.2) is 0 Å². The molecule has 0 radical (unpaired) electrons. The highest BCUT2D eigenvalue weighted by atomic mass is 35.5. The first-order valence-electron chi connectivity index (χ1n) is 32.7. The fraction of sp³-hybridized carbons (Fsp3) is 0. The van der Waals surface area contributed by atoms with E-state index in [0.717, 1.165) is 94.7 Å². The van der Waals surface area contributed by atoms with Gasteiger partial charge in [0.25, 0.3) is 0 Å². The van der Waals surface area contributed by atoms with Crippen molar-refractivity contribution < 1.29 is 10.0 Å². The summed E-state index contributed by atoms with van der Waals surface area (Å²) in [5, 5.41) is 60.1. The average Bonchev–Trinajstić information content (AvgIpc) is 1.61. The lowest BCUT2D eigenvalue weighted by molar-refractivity contribution is 0.426. The largest absolute Gasteiger partial charge is 0.488 e. The fourth-order valence-corrected chi connectivity index (χ4v) is 13.1. The molecular formula is C88H57BCl2N8O2. The molecule has 0 aliphatic heterocycles. The molecule has 0 amide bonds. The van der Waals surface area contributed by atoms with Gasteiger partial charge in [0.15, 0.2) is 0 Å². The summed E-state index contributed by atoms with van der Waals surface area (Å²) in [6, 6.07) is 117. The zero-order chi connectivity index (χ0) is 68.8. The molecule has 0 spiro atoms. The smallest absolute Gasteiger partial charge is 0.423 e. The molecule has 10 nitrogen and oxygen atoms in total. The van der Waals surface area contributed by atoms with Gasteiger partial charge in [0.2, 0.25) is 0 Å². The molecule has 17 rings (SSSR count). The minimum absolute atomic E-state index is 0.458. The van der Waals surface area contributed by atoms with Gasteiger partial charge in [-0.05, 0) is 189 Å². The van der Waals surface area contributed by atoms with Crippen LogP contribution in [0.25, 0.3) is 144 Å². The van der Waals surface area contributed by atoms with Crippen LogP contribution in [0.1, 0.15) is 11.1 Å². The molecule has 101 heavy (non-hydrogen) atoms. The fourth-order valence-electron chi connectivity index (χ4n) is 12.8. The quantitative estimate of drug-likeness (QED) is 0.122. The number of nitriles is 2. The molecule has 0 saturated heterocycles. The topological polar surface area (TPSA) is 149 Å². The van der Waals surface area contributed by atoms with E-state index in [-0.39, 0.29) is 0 Å². The first kappa shape index (κ1) is 64.2. The highest BCUT2D eigenvalue weighted by Crippen LogP contribution is 2.40. The molecule has 15 aromatic carbocycles. The monoisotopic (exact) mass is 1340 g/mol. The number of hydrogen-bond donors (Lipinski definition) is 2. The minimum Gasteiger partial charge on any atom is -0.423 e. The maximum Gasteiger partial charge on any atom is 0.488 e. The van der Waals surface area contributed by atoms with E-state index >= 15 is 0 Å². The van der Waals surface area contributed by atoms with Crippen molar-refractivity contribution in [2.75, 3.05) is 0 Å². The van der Waals surface area contributed by atoms with Gasteiger partial charge >= 0.3 is 7.12 Å². The van der Waals surface area contributed by atoms with Gasteiger partial charge in [0.05, 0.1) is 44.7 Å². The van der Waals surface area contributed by atoms with Crippen molar-refractivity contribution in [3.8, 4) is 113 Å². The lowest BCUT2D eigenvalue weighted by atomic mass is 9.81. The van der Waals surface area contributed by atoms with Crippen LogP contribution in [0.4, 0.5) is 0 Å². The SMILES string of the molecule is N#Cc1ccc(-c2ccc(-c3ccc(-c4ccc(-n5nc6cc(-c7ccccc7)c(-c7ccccc7)cc6n5)cc4)c4ccccc34)cc2)cc1.N#Cc1ccc(-c2ccc(-c3ccc(-c4ccc(-n5nc6cc(Cl)c(Cl)cc6n5)cc4)c4ccccc34)cc2)cc1.OB(O)c1ccccc1. The van der Waals surface area contributed by atoms with Gasteiger partial charge in [-0.15, -0.1) is 20.4 Å². The van der Waals surface area contributed by atoms with Crippen molar-refractivity contribution in [2.45, 2.75) is 0 Å². The molecule has 0 aliphatic carbocycles. The minimum atomic E-state index is -1.34. The van der Waals surface area contributed by atoms with E-state index in [1.807, 2.05) is 78.9 Å². The molecule has 17 aromatic rings. The second-order valence-corrected chi connectivity index (χ2v) is 25.0. The zero-order valence-electron chi connectivity index (χ0n) is 54.1. The number of hydrogen-bond acceptors (Lipinski definition) is 8. The molecule has 2 heterocycles. The van der Waals surface area contributed by atoms with E-state index in [1.165, 1.54) is 38.2 Å². The lowest BCUT2D eigenvalue weighted by Gasteiger charge is -2.13. The van der Waals surface area contributed by atoms with Gasteiger partial charge < -0.3 is 10.0 Å². The summed E-state index contributed by atoms with van der Waals surface area (Å²) >= 11 is 12.3. The van der Waals surface area contributed by atoms with Gasteiger partial charge in [0, 0.05) is 0 Å². The molecule has 0 atom stereocenters. The summed E-state index contributed by atoms with van der Waals surface area (Å²) in [6.07, 6.45) is 0. The van der Waals surface area contributed by atoms with E-state index in [1.54, 1.807) is 46.0 Å². The van der Waals surface area contributed by atoms with Crippen molar-refractivity contribution >= 4 is 79.4 Å². The maximum absolute atomic E-state index is 9.15. The Morgan fingerprint density at radius 3 is 0.802 bits per heavy atom. The maximum atomic E-state index is 9.15. The van der Waals surface area contributed by atoms with Gasteiger partial charge in [0.1, 0.15) is 22.1 Å². The Kier molecular flexibility index (Phi) is 18.2. The Balaban J connectivity index is 0.000000148. The van der Waals surface area contributed by atoms with Gasteiger partial charge in [-0.2, -0.15) is 20.1 Å². The Bertz CT molecular complexity index is 5810. The second kappa shape index (κ2) is 28.7. The molecular weight excluding hydrogens is 1280 g/mol. The summed E-state index contributed by atoms with van der Waals surface area (Å²) in [4.78, 5) is 3.34. The third kappa shape index (κ3) is 13.7. The Morgan fingerprint density at radius 2 is 0.515 bits per heavy atom. The molecule has 2 aromatic heterocycles. The second-order valence-electron chi connectivity index (χ2n) is 24.2. The molecule has 0 fully saturated rings. The van der Waals surface area contributed by atoms with Gasteiger partial charge in [-0.3, -0.25) is 0 Å². The number of benzene rings is 15. The first-order valence-corrected chi connectivity index (χ1v) is 33.5. The van der Waals surface area contributed by atoms with Crippen LogP contribution in [0.3, 0.4) is 0 Å². The average molecular weight is 1340 g/mol. The van der Waals surface area contributed by atoms with Crippen LogP contribution in [0.15, 0.2) is 334 Å². The molecule has 13 heteroatoms. The molecule has 478 valence electrons. The number of halogens is 2. The molecule has 0 saturated carbocycles. The van der Waals surface area contributed by atoms with Crippen LogP contribution in [0.2, 0.25) is 10.0 Å². The molecule has 0 aliphatic rings. The summed E-state index contributed by atoms with van der Waals surface area (Å²) in [5.41, 5.74) is 24.9. The van der Waals surface area contributed by atoms with Crippen molar-refractivity contribution in [1.82, 2.24) is 30.0 Å². The number of aromatic nitrogens is 6. The highest BCUT2D eigenvalue weighted by Gasteiger charge is 2.18. The Morgan fingerprint density at radius 1 is 0.267 bits per heavy atom. The number of fused-ring (bicyclic) bond motifs is 4. The van der Waals surface area contributed by atoms with E-state index < -0.39 is 7.12 Å². The summed E-state index contributed by atoms with van der Waals surface area (Å²) in [5.74, 6) is 0. The van der Waals surface area contributed by atoms with E-state index in [9.17, 15) is 0 Å². The van der Waals surface area contributed by atoms with Crippen molar-refractivity contribution in [1.29, 1.82) is 10.5 Å². The summed E-state index contributed by atoms with van der Waals surface area (Å²) < 4.78 is 0. The third-order valence-corrected chi connectivity index (χ3v) is 18.7. The Hall–Kier alpha value is -12.8. The molecule has 0 unspecified atom stereocenters.